The highest BCUT2D eigenvalue weighted by Gasteiger charge is 2.42. The van der Waals surface area contributed by atoms with Crippen molar-refractivity contribution in [2.75, 3.05) is 14.1 Å². The third-order valence-corrected chi connectivity index (χ3v) is 3.03. The fraction of sp³-hybridized carbons (Fsp3) is 1.00. The summed E-state index contributed by atoms with van der Waals surface area (Å²) in [4.78, 5) is 2.06. The maximum atomic E-state index is 6.32. The summed E-state index contributed by atoms with van der Waals surface area (Å²) < 4.78 is 25.3. The molecule has 5 nitrogen and oxygen atoms in total. The van der Waals surface area contributed by atoms with Gasteiger partial charge in [0, 0.05) is 0 Å². The van der Waals surface area contributed by atoms with Crippen molar-refractivity contribution >= 4 is 0 Å². The van der Waals surface area contributed by atoms with E-state index in [-0.39, 0.29) is 28.4 Å². The largest absolute Gasteiger partial charge is 0.345 e. The zero-order valence-electron chi connectivity index (χ0n) is 19.8. The molecule has 0 rings (SSSR count). The summed E-state index contributed by atoms with van der Waals surface area (Å²) in [5, 5.41) is 0. The molecule has 0 aromatic heterocycles. The highest BCUT2D eigenvalue weighted by Crippen LogP contribution is 2.29. The normalized spacial score (nSPS) is 15.0. The van der Waals surface area contributed by atoms with Crippen molar-refractivity contribution in [2.45, 2.75) is 124 Å². The fourth-order valence-corrected chi connectivity index (χ4v) is 2.34. The Morgan fingerprint density at radius 2 is 0.654 bits per heavy atom. The van der Waals surface area contributed by atoms with Crippen LogP contribution in [0.5, 0.6) is 0 Å². The van der Waals surface area contributed by atoms with Gasteiger partial charge in [-0.15, -0.1) is 0 Å². The second-order valence-corrected chi connectivity index (χ2v) is 11.1. The highest BCUT2D eigenvalue weighted by molar-refractivity contribution is 4.83. The van der Waals surface area contributed by atoms with Gasteiger partial charge in [-0.2, -0.15) is 0 Å². The molecule has 0 heterocycles. The molecule has 0 unspecified atom stereocenters. The SMILES string of the molecule is CN(C)C(C(OC(C)(C)C)OC(C)(C)C)C(OC(C)(C)C)OC(C)(C)C. The zero-order chi connectivity index (χ0) is 21.1. The molecule has 0 saturated carbocycles. The molecule has 0 radical (unpaired) electrons. The summed E-state index contributed by atoms with van der Waals surface area (Å²) >= 11 is 0. The summed E-state index contributed by atoms with van der Waals surface area (Å²) in [6.07, 6.45) is -1.03. The van der Waals surface area contributed by atoms with Crippen LogP contribution in [-0.4, -0.2) is 60.0 Å². The quantitative estimate of drug-likeness (QED) is 0.596. The molecule has 0 aromatic carbocycles. The van der Waals surface area contributed by atoms with E-state index in [4.69, 9.17) is 18.9 Å². The molecular weight excluding hydrogens is 330 g/mol. The molecule has 0 aromatic rings. The second kappa shape index (κ2) is 8.87. The lowest BCUT2D eigenvalue weighted by Gasteiger charge is -2.45. The predicted molar refractivity (Wildman–Crippen MR) is 108 cm³/mol. The lowest BCUT2D eigenvalue weighted by atomic mass is 10.1. The van der Waals surface area contributed by atoms with Crippen LogP contribution < -0.4 is 0 Å². The standard InChI is InChI=1S/C21H45NO4/c1-18(2,3)23-16(24-19(4,5)6)15(22(13)14)17(25-20(7,8)9)26-21(10,11)12/h15-17H,1-14H3. The third-order valence-electron chi connectivity index (χ3n) is 3.03. The van der Waals surface area contributed by atoms with Gasteiger partial charge in [0.2, 0.25) is 0 Å². The van der Waals surface area contributed by atoms with Crippen LogP contribution >= 0.6 is 0 Å². The first kappa shape index (κ1) is 25.8. The van der Waals surface area contributed by atoms with Gasteiger partial charge < -0.3 is 18.9 Å². The van der Waals surface area contributed by atoms with E-state index in [1.54, 1.807) is 0 Å². The van der Waals surface area contributed by atoms with Gasteiger partial charge in [-0.05, 0) is 97.2 Å². The Balaban J connectivity index is 5.95. The number of hydrogen-bond donors (Lipinski definition) is 0. The van der Waals surface area contributed by atoms with Crippen LogP contribution in [0.1, 0.15) is 83.1 Å². The van der Waals surface area contributed by atoms with Gasteiger partial charge >= 0.3 is 0 Å². The van der Waals surface area contributed by atoms with Crippen molar-refractivity contribution in [3.8, 4) is 0 Å². The van der Waals surface area contributed by atoms with Gasteiger partial charge in [0.1, 0.15) is 6.04 Å². The maximum absolute atomic E-state index is 6.32. The summed E-state index contributed by atoms with van der Waals surface area (Å²) in [6.45, 7) is 24.4. The van der Waals surface area contributed by atoms with E-state index in [2.05, 4.69) is 4.90 Å². The molecule has 5 heteroatoms. The molecule has 0 aliphatic carbocycles. The van der Waals surface area contributed by atoms with Crippen LogP contribution in [0.25, 0.3) is 0 Å². The monoisotopic (exact) mass is 375 g/mol. The maximum Gasteiger partial charge on any atom is 0.179 e. The van der Waals surface area contributed by atoms with Gasteiger partial charge in [0.25, 0.3) is 0 Å². The van der Waals surface area contributed by atoms with Crippen molar-refractivity contribution in [1.29, 1.82) is 0 Å². The number of ether oxygens (including phenoxy) is 4. The van der Waals surface area contributed by atoms with E-state index in [1.165, 1.54) is 0 Å². The first-order valence-corrected chi connectivity index (χ1v) is 9.58. The molecule has 0 N–H and O–H groups in total. The Morgan fingerprint density at radius 1 is 0.462 bits per heavy atom. The van der Waals surface area contributed by atoms with Crippen LogP contribution in [0, 0.1) is 0 Å². The van der Waals surface area contributed by atoms with Crippen LogP contribution in [0.4, 0.5) is 0 Å². The molecule has 0 aliphatic heterocycles. The lowest BCUT2D eigenvalue weighted by Crippen LogP contribution is -2.57. The third kappa shape index (κ3) is 12.2. The molecule has 0 bridgehead atoms. The average molecular weight is 376 g/mol. The van der Waals surface area contributed by atoms with Gasteiger partial charge in [-0.3, -0.25) is 4.90 Å². The second-order valence-electron chi connectivity index (χ2n) is 11.1. The number of likely N-dealkylation sites (N-methyl/N-ethyl adjacent to an activating group) is 1. The fourth-order valence-electron chi connectivity index (χ4n) is 2.34. The van der Waals surface area contributed by atoms with Crippen molar-refractivity contribution in [3.05, 3.63) is 0 Å². The minimum atomic E-state index is -0.514. The lowest BCUT2D eigenvalue weighted by molar-refractivity contribution is -0.319. The Labute approximate surface area is 162 Å². The minimum Gasteiger partial charge on any atom is -0.345 e. The summed E-state index contributed by atoms with van der Waals surface area (Å²) in [5.74, 6) is 0. The summed E-state index contributed by atoms with van der Waals surface area (Å²) in [5.41, 5.74) is -1.45. The molecule has 0 saturated heterocycles. The number of rotatable bonds is 7. The molecule has 0 amide bonds. The first-order chi connectivity index (χ1) is 11.2. The van der Waals surface area contributed by atoms with Crippen LogP contribution in [0.3, 0.4) is 0 Å². The first-order valence-electron chi connectivity index (χ1n) is 9.58. The zero-order valence-corrected chi connectivity index (χ0v) is 19.8. The van der Waals surface area contributed by atoms with Gasteiger partial charge in [-0.1, -0.05) is 0 Å². The van der Waals surface area contributed by atoms with E-state index < -0.39 is 12.6 Å². The van der Waals surface area contributed by atoms with Crippen molar-refractivity contribution in [3.63, 3.8) is 0 Å². The van der Waals surface area contributed by atoms with Crippen molar-refractivity contribution in [2.24, 2.45) is 0 Å². The van der Waals surface area contributed by atoms with Crippen LogP contribution in [0.15, 0.2) is 0 Å². The van der Waals surface area contributed by atoms with Crippen LogP contribution in [0.2, 0.25) is 0 Å². The van der Waals surface area contributed by atoms with Crippen LogP contribution in [-0.2, 0) is 18.9 Å². The van der Waals surface area contributed by atoms with Gasteiger partial charge in [0.05, 0.1) is 22.4 Å². The highest BCUT2D eigenvalue weighted by atomic mass is 16.7. The minimum absolute atomic E-state index is 0.244. The molecular formula is C21H45NO4. The van der Waals surface area contributed by atoms with E-state index in [1.807, 2.05) is 97.2 Å². The molecule has 26 heavy (non-hydrogen) atoms. The number of hydrogen-bond acceptors (Lipinski definition) is 5. The Kier molecular flexibility index (Phi) is 8.80. The molecule has 0 fully saturated rings. The molecule has 158 valence electrons. The van der Waals surface area contributed by atoms with Gasteiger partial charge in [0.15, 0.2) is 12.6 Å². The topological polar surface area (TPSA) is 40.2 Å². The predicted octanol–water partition coefficient (Wildman–Crippen LogP) is 4.83. The van der Waals surface area contributed by atoms with E-state index >= 15 is 0 Å². The Bertz CT molecular complexity index is 340. The molecule has 0 aliphatic rings. The van der Waals surface area contributed by atoms with Gasteiger partial charge in [-0.25, -0.2) is 0 Å². The van der Waals surface area contributed by atoms with E-state index in [0.29, 0.717) is 0 Å². The summed E-state index contributed by atoms with van der Waals surface area (Å²) in [7, 11) is 4.00. The van der Waals surface area contributed by atoms with E-state index in [9.17, 15) is 0 Å². The number of nitrogens with zero attached hydrogens (tertiary/aromatic N) is 1. The van der Waals surface area contributed by atoms with Crippen molar-refractivity contribution < 1.29 is 18.9 Å². The Hall–Kier alpha value is -0.200. The summed E-state index contributed by atoms with van der Waals surface area (Å²) in [6, 6.07) is -0.244. The van der Waals surface area contributed by atoms with E-state index in [0.717, 1.165) is 0 Å². The average Bonchev–Trinajstić information content (AvgIpc) is 2.17. The smallest absolute Gasteiger partial charge is 0.179 e. The molecule has 0 spiro atoms. The molecule has 0 atom stereocenters. The van der Waals surface area contributed by atoms with Crippen molar-refractivity contribution in [1.82, 2.24) is 4.90 Å². The Morgan fingerprint density at radius 3 is 0.769 bits per heavy atom.